The number of nitrogens with zero attached hydrogens (tertiary/aromatic N) is 1. The number of piperidine rings is 1. The van der Waals surface area contributed by atoms with Gasteiger partial charge < -0.3 is 28.6 Å². The van der Waals surface area contributed by atoms with E-state index in [1.165, 1.54) is 6.42 Å². The van der Waals surface area contributed by atoms with Crippen LogP contribution >= 0.6 is 0 Å². The molecule has 0 aromatic rings. The fourth-order valence-electron chi connectivity index (χ4n) is 3.82. The van der Waals surface area contributed by atoms with E-state index in [1.807, 2.05) is 0 Å². The van der Waals surface area contributed by atoms with Gasteiger partial charge in [0.05, 0.1) is 0 Å². The molecule has 1 saturated carbocycles. The molecular weight excluding hydrogens is 535 g/mol. The van der Waals surface area contributed by atoms with Crippen LogP contribution in [0.25, 0.3) is 6.15 Å². The molecule has 1 amide bonds. The summed E-state index contributed by atoms with van der Waals surface area (Å²) in [5.74, 6) is 1.92. The molecule has 6 heteroatoms. The maximum Gasteiger partial charge on any atom is 2.00 e. The van der Waals surface area contributed by atoms with Crippen LogP contribution in [0.1, 0.15) is 55.4 Å². The van der Waals surface area contributed by atoms with Gasteiger partial charge in [0.1, 0.15) is 0 Å². The molecule has 2 fully saturated rings. The Morgan fingerprint density at radius 2 is 1.43 bits per heavy atom. The van der Waals surface area contributed by atoms with Crippen LogP contribution in [0.3, 0.4) is 0 Å². The molecule has 23 heavy (non-hydrogen) atoms. The largest absolute Gasteiger partial charge is 2.00 e. The number of hydrogen-bond acceptors (Lipinski definition) is 2. The summed E-state index contributed by atoms with van der Waals surface area (Å²) in [5, 5.41) is 2.68. The molecule has 4 nitrogen and oxygen atoms in total. The van der Waals surface area contributed by atoms with Crippen LogP contribution < -0.4 is 5.32 Å². The molecule has 1 aliphatic carbocycles. The van der Waals surface area contributed by atoms with Crippen molar-refractivity contribution >= 4 is 6.41 Å². The van der Waals surface area contributed by atoms with E-state index in [0.29, 0.717) is 17.8 Å². The van der Waals surface area contributed by atoms with Crippen molar-refractivity contribution in [1.29, 1.82) is 0 Å². The number of nitrogens with one attached hydrogen (secondary N) is 1. The van der Waals surface area contributed by atoms with Crippen LogP contribution in [0.2, 0.25) is 0 Å². The predicted molar refractivity (Wildman–Crippen MR) is 93.9 cm³/mol. The summed E-state index contributed by atoms with van der Waals surface area (Å²) >= 11 is 0. The first-order valence-electron chi connectivity index (χ1n) is 6.97. The Kier molecular flexibility index (Phi) is 20.6. The maximum atomic E-state index is 10.2. The quantitative estimate of drug-likeness (QED) is 0.403. The van der Waals surface area contributed by atoms with Gasteiger partial charge in [0.15, 0.2) is 0 Å². The molecule has 3 atom stereocenters. The third kappa shape index (κ3) is 6.78. The van der Waals surface area contributed by atoms with Crippen LogP contribution in [0.5, 0.6) is 0 Å². The third-order valence-electron chi connectivity index (χ3n) is 4.60. The van der Waals surface area contributed by atoms with Gasteiger partial charge >= 0.3 is 21.1 Å². The molecule has 3 N–H and O–H groups in total. The summed E-state index contributed by atoms with van der Waals surface area (Å²) in [4.78, 5) is 12.4. The minimum absolute atomic E-state index is 0. The Morgan fingerprint density at radius 3 is 1.70 bits per heavy atom. The summed E-state index contributed by atoms with van der Waals surface area (Å²) in [6.07, 6.45) is 3.02. The van der Waals surface area contributed by atoms with E-state index in [4.69, 9.17) is 0 Å². The van der Waals surface area contributed by atoms with E-state index in [2.05, 4.69) is 58.8 Å². The normalized spacial score (nSPS) is 27.5. The topological polar surface area (TPSA) is 65.8 Å². The van der Waals surface area contributed by atoms with E-state index >= 15 is 0 Å². The Hall–Kier alpha value is 1.18. The van der Waals surface area contributed by atoms with Gasteiger partial charge in [-0.25, -0.2) is 0 Å². The maximum absolute atomic E-state index is 10.2. The Balaban J connectivity index is -0.000000126. The van der Waals surface area contributed by atoms with Crippen molar-refractivity contribution < 1.29 is 58.6 Å². The molecule has 0 spiro atoms. The van der Waals surface area contributed by atoms with Gasteiger partial charge in [0.2, 0.25) is 0 Å². The van der Waals surface area contributed by atoms with Crippen molar-refractivity contribution in [3.05, 3.63) is 20.6 Å². The van der Waals surface area contributed by atoms with Crippen molar-refractivity contribution in [3.63, 3.8) is 0 Å². The molecule has 0 aromatic carbocycles. The van der Waals surface area contributed by atoms with Crippen LogP contribution in [-0.2, 0) is 58.6 Å². The molecule has 0 aromatic heterocycles. The zero-order valence-corrected chi connectivity index (χ0v) is 21.0. The monoisotopic (exact) mass is 572 g/mol. The van der Waals surface area contributed by atoms with Crippen molar-refractivity contribution in [3.8, 4) is 0 Å². The molecular formula is C17H37N3OWY-2. The first-order valence-corrected chi connectivity index (χ1v) is 6.97. The zero-order valence-electron chi connectivity index (χ0n) is 15.3. The number of likely N-dealkylation sites (tertiary alicyclic amines) is 1. The summed E-state index contributed by atoms with van der Waals surface area (Å²) in [5.41, 5.74) is 0.285. The van der Waals surface area contributed by atoms with Gasteiger partial charge in [-0.05, 0) is 63.1 Å². The smallest absolute Gasteiger partial charge is 0.693 e. The number of hydrogen-bond donors (Lipinski definition) is 1. The van der Waals surface area contributed by atoms with Crippen LogP contribution in [0.15, 0.2) is 0 Å². The van der Waals surface area contributed by atoms with Crippen molar-refractivity contribution in [2.45, 2.75) is 66.5 Å². The molecule has 1 unspecified atom stereocenters. The first-order chi connectivity index (χ1) is 8.26. The summed E-state index contributed by atoms with van der Waals surface area (Å²) in [6.45, 7) is 14.0. The molecule has 1 saturated heterocycles. The van der Waals surface area contributed by atoms with Crippen molar-refractivity contribution in [2.24, 2.45) is 17.8 Å². The van der Waals surface area contributed by atoms with Crippen molar-refractivity contribution in [2.75, 3.05) is 6.54 Å². The predicted octanol–water partition coefficient (Wildman–Crippen LogP) is 4.38. The molecule has 1 aliphatic heterocycles. The van der Waals surface area contributed by atoms with Gasteiger partial charge in [-0.3, -0.25) is 7.05 Å². The molecule has 2 rings (SSSR count). The number of fused-ring (bicyclic) bond motifs is 1. The minimum Gasteiger partial charge on any atom is -0.693 e. The molecule has 2 aliphatic rings. The summed E-state index contributed by atoms with van der Waals surface area (Å²) in [7, 11) is 4.17. The second kappa shape index (κ2) is 13.4. The van der Waals surface area contributed by atoms with Gasteiger partial charge in [0.25, 0.3) is 0 Å². The van der Waals surface area contributed by atoms with Crippen molar-refractivity contribution in [1.82, 2.24) is 10.2 Å². The number of nitrogens with two attached hydrogens (primary N) is 1. The Bertz CT molecular complexity index is 292. The van der Waals surface area contributed by atoms with E-state index in [0.717, 1.165) is 6.54 Å². The SMILES string of the molecule is C.CCC.[CH2-]N1C(C)(C)[C@@H]2C(CN[C-]=O)[C@@H]2C1(C)C.[CH3-].[NH2-].[W+2].[Y]. The molecule has 137 valence electrons. The average molecular weight is 572 g/mol. The summed E-state index contributed by atoms with van der Waals surface area (Å²) in [6, 6.07) is 0. The zero-order chi connectivity index (χ0) is 14.1. The Labute approximate surface area is 185 Å². The van der Waals surface area contributed by atoms with Gasteiger partial charge in [-0.1, -0.05) is 27.7 Å². The van der Waals surface area contributed by atoms with E-state index < -0.39 is 0 Å². The van der Waals surface area contributed by atoms with Gasteiger partial charge in [-0.15, -0.1) is 0 Å². The van der Waals surface area contributed by atoms with Gasteiger partial charge in [0, 0.05) is 32.7 Å². The Morgan fingerprint density at radius 1 is 1.13 bits per heavy atom. The first kappa shape index (κ1) is 35.3. The van der Waals surface area contributed by atoms with E-state index in [9.17, 15) is 4.79 Å². The fourth-order valence-corrected chi connectivity index (χ4v) is 3.82. The fraction of sp³-hybridized carbons (Fsp3) is 0.824. The average Bonchev–Trinajstić information content (AvgIpc) is 2.98. The molecule has 0 bridgehead atoms. The second-order valence-electron chi connectivity index (χ2n) is 6.64. The summed E-state index contributed by atoms with van der Waals surface area (Å²) < 4.78 is 0. The standard InChI is InChI=1S/C12H20N2O.C3H8.CH4.CH3.H2N.W.Y/c1-11(2)9-8(6-13-7-15)10(9)12(3,4)14(11)5;1-3-2;;;;;/h8-10H,5-6H2,1-4H3,(H,13,15);3H2,1-2H3;1H4;1H3;1H2;;/q-2;;;2*-1;+2;/t8?,9-,10+;;;;;;. The van der Waals surface area contributed by atoms with E-state index in [1.54, 1.807) is 6.41 Å². The van der Waals surface area contributed by atoms with Crippen LogP contribution in [0, 0.1) is 32.2 Å². The number of rotatable bonds is 3. The minimum atomic E-state index is 0. The van der Waals surface area contributed by atoms with Crippen LogP contribution in [0.4, 0.5) is 0 Å². The molecule has 1 radical (unpaired) electrons. The third-order valence-corrected chi connectivity index (χ3v) is 4.60. The van der Waals surface area contributed by atoms with Gasteiger partial charge in [-0.2, -0.15) is 6.41 Å². The van der Waals surface area contributed by atoms with Crippen LogP contribution in [-0.4, -0.2) is 28.9 Å². The number of amides is 1. The number of carbonyl (C=O) groups excluding carboxylic acids is 1. The molecule has 1 heterocycles. The second-order valence-corrected chi connectivity index (χ2v) is 6.64. The van der Waals surface area contributed by atoms with E-state index in [-0.39, 0.29) is 85.9 Å².